The Labute approximate surface area is 110 Å². The number of nitrogens with zero attached hydrogens (tertiary/aromatic N) is 1. The van der Waals surface area contributed by atoms with Crippen LogP contribution in [-0.4, -0.2) is 38.1 Å². The van der Waals surface area contributed by atoms with Crippen molar-refractivity contribution in [3.63, 3.8) is 0 Å². The normalized spacial score (nSPS) is 33.8. The standard InChI is InChI=1S/C13H24N2O2S/c1-18(16,17)15-7-3-5-12(10-15)8-11-4-2-6-13(14)9-11/h8,12-13H,2-7,9-10,14H2,1H3/b11-8+. The Bertz CT molecular complexity index is 417. The van der Waals surface area contributed by atoms with E-state index >= 15 is 0 Å². The lowest BCUT2D eigenvalue weighted by Crippen LogP contribution is -2.38. The summed E-state index contributed by atoms with van der Waals surface area (Å²) in [6, 6.07) is 0.305. The van der Waals surface area contributed by atoms with Gasteiger partial charge in [-0.05, 0) is 44.4 Å². The van der Waals surface area contributed by atoms with E-state index in [1.54, 1.807) is 4.31 Å². The molecule has 0 aromatic heterocycles. The molecule has 0 radical (unpaired) electrons. The van der Waals surface area contributed by atoms with Crippen LogP contribution in [0.2, 0.25) is 0 Å². The SMILES string of the molecule is CS(=O)(=O)N1CCCC(/C=C2\CCCC(N)C2)C1. The van der Waals surface area contributed by atoms with Crippen LogP contribution >= 0.6 is 0 Å². The van der Waals surface area contributed by atoms with Gasteiger partial charge in [0.1, 0.15) is 0 Å². The Morgan fingerprint density at radius 2 is 2.11 bits per heavy atom. The molecule has 1 aliphatic carbocycles. The van der Waals surface area contributed by atoms with Gasteiger partial charge in [0, 0.05) is 19.1 Å². The lowest BCUT2D eigenvalue weighted by Gasteiger charge is -2.30. The zero-order valence-electron chi connectivity index (χ0n) is 11.1. The molecule has 2 unspecified atom stereocenters. The summed E-state index contributed by atoms with van der Waals surface area (Å²) < 4.78 is 24.7. The van der Waals surface area contributed by atoms with Gasteiger partial charge in [-0.3, -0.25) is 0 Å². The predicted octanol–water partition coefficient (Wildman–Crippen LogP) is 1.49. The highest BCUT2D eigenvalue weighted by Gasteiger charge is 2.25. The number of hydrogen-bond acceptors (Lipinski definition) is 3. The highest BCUT2D eigenvalue weighted by molar-refractivity contribution is 7.88. The first-order valence-electron chi connectivity index (χ1n) is 6.85. The maximum atomic E-state index is 11.6. The van der Waals surface area contributed by atoms with Crippen LogP contribution in [0.5, 0.6) is 0 Å². The zero-order chi connectivity index (χ0) is 13.2. The molecule has 2 fully saturated rings. The summed E-state index contributed by atoms with van der Waals surface area (Å²) in [7, 11) is -3.03. The molecule has 1 saturated carbocycles. The fourth-order valence-electron chi connectivity index (χ4n) is 3.03. The molecular formula is C13H24N2O2S. The van der Waals surface area contributed by atoms with Gasteiger partial charge in [-0.2, -0.15) is 0 Å². The highest BCUT2D eigenvalue weighted by Crippen LogP contribution is 2.27. The minimum absolute atomic E-state index is 0.305. The number of hydrogen-bond donors (Lipinski definition) is 1. The van der Waals surface area contributed by atoms with E-state index in [-0.39, 0.29) is 0 Å². The summed E-state index contributed by atoms with van der Waals surface area (Å²) in [4.78, 5) is 0. The third-order valence-corrected chi connectivity index (χ3v) is 5.23. The molecule has 1 aliphatic heterocycles. The third-order valence-electron chi connectivity index (χ3n) is 3.96. The van der Waals surface area contributed by atoms with Crippen LogP contribution in [0, 0.1) is 5.92 Å². The molecule has 0 bridgehead atoms. The molecular weight excluding hydrogens is 248 g/mol. The van der Waals surface area contributed by atoms with E-state index in [2.05, 4.69) is 6.08 Å². The van der Waals surface area contributed by atoms with Gasteiger partial charge >= 0.3 is 0 Å². The first-order valence-corrected chi connectivity index (χ1v) is 8.70. The Morgan fingerprint density at radius 1 is 1.33 bits per heavy atom. The van der Waals surface area contributed by atoms with Crippen molar-refractivity contribution in [1.29, 1.82) is 0 Å². The molecule has 2 atom stereocenters. The van der Waals surface area contributed by atoms with Crippen molar-refractivity contribution in [2.45, 2.75) is 44.6 Å². The Kier molecular flexibility index (Phi) is 4.45. The smallest absolute Gasteiger partial charge is 0.211 e. The molecule has 18 heavy (non-hydrogen) atoms. The zero-order valence-corrected chi connectivity index (χ0v) is 12.0. The van der Waals surface area contributed by atoms with Gasteiger partial charge in [0.05, 0.1) is 6.26 Å². The molecule has 1 saturated heterocycles. The average molecular weight is 272 g/mol. The van der Waals surface area contributed by atoms with E-state index in [9.17, 15) is 8.42 Å². The van der Waals surface area contributed by atoms with Gasteiger partial charge < -0.3 is 5.73 Å². The molecule has 0 aromatic carbocycles. The molecule has 2 N–H and O–H groups in total. The van der Waals surface area contributed by atoms with Gasteiger partial charge in [-0.15, -0.1) is 0 Å². The predicted molar refractivity (Wildman–Crippen MR) is 73.7 cm³/mol. The second-order valence-electron chi connectivity index (χ2n) is 5.70. The highest BCUT2D eigenvalue weighted by atomic mass is 32.2. The van der Waals surface area contributed by atoms with Crippen LogP contribution in [0.4, 0.5) is 0 Å². The molecule has 2 rings (SSSR count). The summed E-state index contributed by atoms with van der Waals surface area (Å²) in [6.45, 7) is 1.33. The van der Waals surface area contributed by atoms with Crippen LogP contribution < -0.4 is 5.73 Å². The minimum atomic E-state index is -3.03. The molecule has 104 valence electrons. The Morgan fingerprint density at radius 3 is 2.78 bits per heavy atom. The van der Waals surface area contributed by atoms with Crippen molar-refractivity contribution in [2.24, 2.45) is 11.7 Å². The third kappa shape index (κ3) is 3.80. The summed E-state index contributed by atoms with van der Waals surface area (Å²) in [5.41, 5.74) is 7.42. The Balaban J connectivity index is 1.99. The van der Waals surface area contributed by atoms with Crippen molar-refractivity contribution in [1.82, 2.24) is 4.31 Å². The number of piperidine rings is 1. The second-order valence-corrected chi connectivity index (χ2v) is 7.69. The monoisotopic (exact) mass is 272 g/mol. The quantitative estimate of drug-likeness (QED) is 0.775. The summed E-state index contributed by atoms with van der Waals surface area (Å²) >= 11 is 0. The van der Waals surface area contributed by atoms with E-state index in [0.29, 0.717) is 25.0 Å². The van der Waals surface area contributed by atoms with Crippen LogP contribution in [0.25, 0.3) is 0 Å². The number of nitrogens with two attached hydrogens (primary N) is 1. The molecule has 2 aliphatic rings. The lowest BCUT2D eigenvalue weighted by atomic mass is 9.87. The Hall–Kier alpha value is -0.390. The number of sulfonamides is 1. The maximum Gasteiger partial charge on any atom is 0.211 e. The van der Waals surface area contributed by atoms with Crippen molar-refractivity contribution in [2.75, 3.05) is 19.3 Å². The van der Waals surface area contributed by atoms with Crippen molar-refractivity contribution in [3.8, 4) is 0 Å². The van der Waals surface area contributed by atoms with Gasteiger partial charge in [0.15, 0.2) is 0 Å². The topological polar surface area (TPSA) is 63.4 Å². The first-order chi connectivity index (χ1) is 8.45. The molecule has 1 heterocycles. The maximum absolute atomic E-state index is 11.6. The molecule has 4 nitrogen and oxygen atoms in total. The average Bonchev–Trinajstić information content (AvgIpc) is 2.28. The molecule has 0 amide bonds. The van der Waals surface area contributed by atoms with Crippen LogP contribution in [0.15, 0.2) is 11.6 Å². The van der Waals surface area contributed by atoms with Crippen molar-refractivity contribution in [3.05, 3.63) is 11.6 Å². The van der Waals surface area contributed by atoms with Gasteiger partial charge in [0.2, 0.25) is 10.0 Å². The van der Waals surface area contributed by atoms with Crippen LogP contribution in [0.3, 0.4) is 0 Å². The van der Waals surface area contributed by atoms with Crippen LogP contribution in [0.1, 0.15) is 38.5 Å². The lowest BCUT2D eigenvalue weighted by molar-refractivity contribution is 0.300. The van der Waals surface area contributed by atoms with E-state index in [0.717, 1.165) is 32.1 Å². The van der Waals surface area contributed by atoms with Crippen LogP contribution in [-0.2, 0) is 10.0 Å². The summed E-state index contributed by atoms with van der Waals surface area (Å²) in [5, 5.41) is 0. The van der Waals surface area contributed by atoms with Crippen molar-refractivity contribution < 1.29 is 8.42 Å². The van der Waals surface area contributed by atoms with Gasteiger partial charge in [-0.25, -0.2) is 12.7 Å². The largest absolute Gasteiger partial charge is 0.327 e. The first kappa shape index (κ1) is 14.0. The molecule has 5 heteroatoms. The summed E-state index contributed by atoms with van der Waals surface area (Å²) in [5.74, 6) is 0.383. The van der Waals surface area contributed by atoms with Gasteiger partial charge in [-0.1, -0.05) is 11.6 Å². The van der Waals surface area contributed by atoms with E-state index < -0.39 is 10.0 Å². The van der Waals surface area contributed by atoms with E-state index in [1.165, 1.54) is 18.2 Å². The second kappa shape index (κ2) is 5.72. The van der Waals surface area contributed by atoms with E-state index in [4.69, 9.17) is 5.73 Å². The molecule has 0 aromatic rings. The molecule has 0 spiro atoms. The number of rotatable bonds is 2. The minimum Gasteiger partial charge on any atom is -0.327 e. The fourth-order valence-corrected chi connectivity index (χ4v) is 3.95. The van der Waals surface area contributed by atoms with Gasteiger partial charge in [0.25, 0.3) is 0 Å². The summed E-state index contributed by atoms with van der Waals surface area (Å²) in [6.07, 6.45) is 10.1. The fraction of sp³-hybridized carbons (Fsp3) is 0.846. The van der Waals surface area contributed by atoms with Crippen molar-refractivity contribution >= 4 is 10.0 Å². The van der Waals surface area contributed by atoms with E-state index in [1.807, 2.05) is 0 Å².